The summed E-state index contributed by atoms with van der Waals surface area (Å²) in [6.07, 6.45) is 1.69. The van der Waals surface area contributed by atoms with Crippen LogP contribution in [0.25, 0.3) is 0 Å². The first-order chi connectivity index (χ1) is 10.5. The second kappa shape index (κ2) is 7.45. The van der Waals surface area contributed by atoms with E-state index in [-0.39, 0.29) is 30.3 Å². The minimum Gasteiger partial charge on any atom is -0.461 e. The second-order valence-corrected chi connectivity index (χ2v) is 5.69. The number of carbonyl (C=O) groups excluding carboxylic acids is 2. The third-order valence-corrected chi connectivity index (χ3v) is 3.90. The first-order valence-corrected chi connectivity index (χ1v) is 7.76. The van der Waals surface area contributed by atoms with Crippen LogP contribution in [0.5, 0.6) is 0 Å². The van der Waals surface area contributed by atoms with E-state index in [1.165, 1.54) is 6.26 Å². The average molecular weight is 308 g/mol. The fourth-order valence-corrected chi connectivity index (χ4v) is 2.71. The Morgan fingerprint density at radius 2 is 2.23 bits per heavy atom. The monoisotopic (exact) mass is 308 g/mol. The van der Waals surface area contributed by atoms with Crippen LogP contribution in [0.15, 0.2) is 22.8 Å². The molecule has 1 aliphatic rings. The van der Waals surface area contributed by atoms with Crippen molar-refractivity contribution < 1.29 is 18.7 Å². The average Bonchev–Trinajstić information content (AvgIpc) is 3.02. The van der Waals surface area contributed by atoms with Crippen LogP contribution in [0.4, 0.5) is 4.79 Å². The van der Waals surface area contributed by atoms with Crippen molar-refractivity contribution in [2.75, 3.05) is 26.3 Å². The number of urea groups is 1. The van der Waals surface area contributed by atoms with Crippen molar-refractivity contribution in [2.24, 2.45) is 0 Å². The quantitative estimate of drug-likeness (QED) is 0.784. The molecule has 0 aromatic carbocycles. The van der Waals surface area contributed by atoms with Crippen molar-refractivity contribution in [3.05, 3.63) is 24.2 Å². The fourth-order valence-electron chi connectivity index (χ4n) is 2.71. The molecule has 2 rings (SSSR count). The summed E-state index contributed by atoms with van der Waals surface area (Å²) in [6, 6.07) is 3.18. The molecule has 1 fully saturated rings. The minimum atomic E-state index is -0.244. The van der Waals surface area contributed by atoms with E-state index < -0.39 is 0 Å². The number of rotatable bonds is 5. The molecule has 122 valence electrons. The summed E-state index contributed by atoms with van der Waals surface area (Å²) in [5.74, 6) is 0.222. The molecule has 6 heteroatoms. The largest absolute Gasteiger partial charge is 0.461 e. The number of carbonyl (C=O) groups is 2. The normalized spacial score (nSPS) is 18.5. The van der Waals surface area contributed by atoms with E-state index in [9.17, 15) is 9.59 Å². The summed E-state index contributed by atoms with van der Waals surface area (Å²) in [5.41, 5.74) is 0. The molecule has 1 unspecified atom stereocenters. The highest BCUT2D eigenvalue weighted by molar-refractivity contribution is 5.94. The predicted molar refractivity (Wildman–Crippen MR) is 81.9 cm³/mol. The van der Waals surface area contributed by atoms with Crippen molar-refractivity contribution >= 4 is 11.8 Å². The van der Waals surface area contributed by atoms with Crippen LogP contribution in [0.1, 0.15) is 37.7 Å². The molecule has 1 aromatic rings. The van der Waals surface area contributed by atoms with Crippen molar-refractivity contribution in [3.8, 4) is 0 Å². The van der Waals surface area contributed by atoms with Crippen LogP contribution in [0, 0.1) is 0 Å². The number of furan rings is 1. The molecule has 2 heterocycles. The van der Waals surface area contributed by atoms with Gasteiger partial charge in [-0.15, -0.1) is 0 Å². The topological polar surface area (TPSA) is 63.0 Å². The molecule has 0 aliphatic carbocycles. The van der Waals surface area contributed by atoms with E-state index >= 15 is 0 Å². The molecule has 1 saturated heterocycles. The Balaban J connectivity index is 2.07. The molecule has 0 spiro atoms. The van der Waals surface area contributed by atoms with Gasteiger partial charge in [0.1, 0.15) is 0 Å². The number of hydrogen-bond donors (Lipinski definition) is 0. The predicted octanol–water partition coefficient (Wildman–Crippen LogP) is 2.40. The van der Waals surface area contributed by atoms with Crippen molar-refractivity contribution in [1.29, 1.82) is 0 Å². The van der Waals surface area contributed by atoms with Gasteiger partial charge in [-0.2, -0.15) is 0 Å². The maximum Gasteiger partial charge on any atom is 0.320 e. The SMILES string of the molecule is CCN(C(=O)N1CCOCC1CC(=O)c1ccco1)C(C)C. The van der Waals surface area contributed by atoms with Crippen LogP contribution in [0.3, 0.4) is 0 Å². The number of hydrogen-bond acceptors (Lipinski definition) is 4. The molecule has 0 radical (unpaired) electrons. The van der Waals surface area contributed by atoms with E-state index in [0.717, 1.165) is 0 Å². The van der Waals surface area contributed by atoms with E-state index in [4.69, 9.17) is 9.15 Å². The maximum atomic E-state index is 12.7. The zero-order valence-electron chi connectivity index (χ0n) is 13.4. The highest BCUT2D eigenvalue weighted by Crippen LogP contribution is 2.17. The molecule has 22 heavy (non-hydrogen) atoms. The summed E-state index contributed by atoms with van der Waals surface area (Å²) >= 11 is 0. The molecule has 1 aromatic heterocycles. The molecule has 0 bridgehead atoms. The van der Waals surface area contributed by atoms with Crippen LogP contribution in [-0.2, 0) is 4.74 Å². The van der Waals surface area contributed by atoms with Gasteiger partial charge in [0.15, 0.2) is 11.5 Å². The van der Waals surface area contributed by atoms with E-state index in [1.807, 2.05) is 20.8 Å². The van der Waals surface area contributed by atoms with Gasteiger partial charge < -0.3 is 19.0 Å². The maximum absolute atomic E-state index is 12.7. The summed E-state index contributed by atoms with van der Waals surface area (Å²) < 4.78 is 10.6. The van der Waals surface area contributed by atoms with Crippen LogP contribution >= 0.6 is 0 Å². The van der Waals surface area contributed by atoms with Crippen molar-refractivity contribution in [2.45, 2.75) is 39.3 Å². The van der Waals surface area contributed by atoms with Gasteiger partial charge in [0.05, 0.1) is 25.5 Å². The third-order valence-electron chi connectivity index (χ3n) is 3.90. The van der Waals surface area contributed by atoms with E-state index in [1.54, 1.807) is 21.9 Å². The first-order valence-electron chi connectivity index (χ1n) is 7.76. The number of morpholine rings is 1. The molecular weight excluding hydrogens is 284 g/mol. The zero-order valence-corrected chi connectivity index (χ0v) is 13.4. The lowest BCUT2D eigenvalue weighted by molar-refractivity contribution is 0.000775. The van der Waals surface area contributed by atoms with Gasteiger partial charge in [-0.1, -0.05) is 0 Å². The van der Waals surface area contributed by atoms with Crippen LogP contribution in [-0.4, -0.2) is 60.0 Å². The molecule has 6 nitrogen and oxygen atoms in total. The van der Waals surface area contributed by atoms with E-state index in [2.05, 4.69) is 0 Å². The molecule has 0 saturated carbocycles. The van der Waals surface area contributed by atoms with Crippen LogP contribution in [0.2, 0.25) is 0 Å². The Hall–Kier alpha value is -1.82. The van der Waals surface area contributed by atoms with Crippen molar-refractivity contribution in [3.63, 3.8) is 0 Å². The second-order valence-electron chi connectivity index (χ2n) is 5.69. The fraction of sp³-hybridized carbons (Fsp3) is 0.625. The lowest BCUT2D eigenvalue weighted by Crippen LogP contribution is -2.55. The van der Waals surface area contributed by atoms with Gasteiger partial charge in [-0.3, -0.25) is 4.79 Å². The van der Waals surface area contributed by atoms with E-state index in [0.29, 0.717) is 32.1 Å². The smallest absolute Gasteiger partial charge is 0.320 e. The lowest BCUT2D eigenvalue weighted by atomic mass is 10.1. The van der Waals surface area contributed by atoms with Gasteiger partial charge in [0.2, 0.25) is 0 Å². The Kier molecular flexibility index (Phi) is 5.60. The number of ketones is 1. The van der Waals surface area contributed by atoms with Crippen molar-refractivity contribution in [1.82, 2.24) is 9.80 Å². The lowest BCUT2D eigenvalue weighted by Gasteiger charge is -2.39. The summed E-state index contributed by atoms with van der Waals surface area (Å²) in [7, 11) is 0. The zero-order chi connectivity index (χ0) is 16.1. The first kappa shape index (κ1) is 16.5. The Morgan fingerprint density at radius 3 is 2.82 bits per heavy atom. The number of amides is 2. The van der Waals surface area contributed by atoms with Gasteiger partial charge in [0, 0.05) is 25.6 Å². The molecule has 1 atom stereocenters. The highest BCUT2D eigenvalue weighted by atomic mass is 16.5. The van der Waals surface area contributed by atoms with Gasteiger partial charge in [0.25, 0.3) is 0 Å². The Labute approximate surface area is 131 Å². The molecule has 1 aliphatic heterocycles. The van der Waals surface area contributed by atoms with Gasteiger partial charge in [-0.05, 0) is 32.9 Å². The summed E-state index contributed by atoms with van der Waals surface area (Å²) in [4.78, 5) is 28.5. The Bertz CT molecular complexity index is 498. The Morgan fingerprint density at radius 1 is 1.45 bits per heavy atom. The van der Waals surface area contributed by atoms with Crippen LogP contribution < -0.4 is 0 Å². The summed E-state index contributed by atoms with van der Waals surface area (Å²) in [6.45, 7) is 7.99. The van der Waals surface area contributed by atoms with Gasteiger partial charge in [-0.25, -0.2) is 4.79 Å². The summed E-state index contributed by atoms with van der Waals surface area (Å²) in [5, 5.41) is 0. The third kappa shape index (κ3) is 3.68. The molecular formula is C16H24N2O4. The highest BCUT2D eigenvalue weighted by Gasteiger charge is 2.32. The number of Topliss-reactive ketones (excluding diaryl/α,β-unsaturated/α-hetero) is 1. The minimum absolute atomic E-state index is 0.0296. The standard InChI is InChI=1S/C16H24N2O4/c1-4-17(12(2)3)16(20)18-7-9-21-11-13(18)10-14(19)15-6-5-8-22-15/h5-6,8,12-13H,4,7,9-11H2,1-3H3. The molecule has 2 amide bonds. The number of nitrogens with zero attached hydrogens (tertiary/aromatic N) is 2. The van der Waals surface area contributed by atoms with Gasteiger partial charge >= 0.3 is 6.03 Å². The number of ether oxygens (including phenoxy) is 1. The molecule has 0 N–H and O–H groups in total.